The van der Waals surface area contributed by atoms with Gasteiger partial charge in [-0.15, -0.1) is 0 Å². The number of anilines is 1. The van der Waals surface area contributed by atoms with Crippen molar-refractivity contribution in [1.82, 2.24) is 15.5 Å². The fourth-order valence-electron chi connectivity index (χ4n) is 2.60. The lowest BCUT2D eigenvalue weighted by molar-refractivity contribution is 0.0953. The smallest absolute Gasteiger partial charge is 0.251 e. The van der Waals surface area contributed by atoms with Crippen LogP contribution in [0, 0.1) is 0 Å². The molecule has 3 aromatic rings. The molecule has 2 aromatic carbocycles. The van der Waals surface area contributed by atoms with E-state index in [4.69, 9.17) is 9.26 Å². The Labute approximate surface area is 164 Å². The van der Waals surface area contributed by atoms with Crippen molar-refractivity contribution in [2.45, 2.75) is 26.8 Å². The molecule has 0 saturated carbocycles. The van der Waals surface area contributed by atoms with Crippen LogP contribution >= 0.6 is 0 Å². The summed E-state index contributed by atoms with van der Waals surface area (Å²) >= 11 is 0. The van der Waals surface area contributed by atoms with Gasteiger partial charge in [0.1, 0.15) is 5.75 Å². The van der Waals surface area contributed by atoms with Gasteiger partial charge in [-0.25, -0.2) is 0 Å². The molecule has 1 amide bonds. The van der Waals surface area contributed by atoms with Crippen LogP contribution < -0.4 is 15.4 Å². The van der Waals surface area contributed by atoms with Gasteiger partial charge in [0.15, 0.2) is 0 Å². The average molecular weight is 380 g/mol. The molecule has 0 unspecified atom stereocenters. The number of carbonyl (C=O) groups excluding carboxylic acids is 1. The molecule has 0 radical (unpaired) electrons. The third kappa shape index (κ3) is 5.09. The molecule has 3 rings (SSSR count). The van der Waals surface area contributed by atoms with Gasteiger partial charge in [0.2, 0.25) is 11.7 Å². The third-order valence-electron chi connectivity index (χ3n) is 4.00. The SMILES string of the molecule is CCCNC(=O)c1cccc(NCc2nc(-c3ccc(OCC)cc3)no2)c1. The second kappa shape index (κ2) is 9.55. The van der Waals surface area contributed by atoms with Gasteiger partial charge in [0, 0.05) is 23.4 Å². The molecule has 0 saturated heterocycles. The Morgan fingerprint density at radius 1 is 1.14 bits per heavy atom. The zero-order chi connectivity index (χ0) is 19.8. The molecule has 7 heteroatoms. The first kappa shape index (κ1) is 19.4. The topological polar surface area (TPSA) is 89.3 Å². The molecular weight excluding hydrogens is 356 g/mol. The molecule has 2 N–H and O–H groups in total. The minimum absolute atomic E-state index is 0.0823. The summed E-state index contributed by atoms with van der Waals surface area (Å²) in [5.41, 5.74) is 2.28. The van der Waals surface area contributed by atoms with Gasteiger partial charge in [-0.3, -0.25) is 4.79 Å². The second-order valence-corrected chi connectivity index (χ2v) is 6.16. The first-order valence-electron chi connectivity index (χ1n) is 9.37. The Morgan fingerprint density at radius 3 is 2.71 bits per heavy atom. The van der Waals surface area contributed by atoms with E-state index in [2.05, 4.69) is 20.8 Å². The van der Waals surface area contributed by atoms with Crippen LogP contribution in [-0.2, 0) is 6.54 Å². The predicted octanol–water partition coefficient (Wildman–Crippen LogP) is 3.89. The number of benzene rings is 2. The first-order chi connectivity index (χ1) is 13.7. The summed E-state index contributed by atoms with van der Waals surface area (Å²) in [5, 5.41) is 10.1. The summed E-state index contributed by atoms with van der Waals surface area (Å²) in [6.07, 6.45) is 0.900. The maximum absolute atomic E-state index is 12.1. The molecule has 0 aliphatic rings. The Morgan fingerprint density at radius 2 is 1.96 bits per heavy atom. The van der Waals surface area contributed by atoms with E-state index in [1.165, 1.54) is 0 Å². The monoisotopic (exact) mass is 380 g/mol. The van der Waals surface area contributed by atoms with Crippen LogP contribution in [0.1, 0.15) is 36.5 Å². The minimum Gasteiger partial charge on any atom is -0.494 e. The first-order valence-corrected chi connectivity index (χ1v) is 9.37. The molecule has 0 aliphatic heterocycles. The Bertz CT molecular complexity index is 906. The van der Waals surface area contributed by atoms with Crippen molar-refractivity contribution in [2.24, 2.45) is 0 Å². The summed E-state index contributed by atoms with van der Waals surface area (Å²) in [4.78, 5) is 16.5. The summed E-state index contributed by atoms with van der Waals surface area (Å²) in [5.74, 6) is 1.71. The normalized spacial score (nSPS) is 10.5. The van der Waals surface area contributed by atoms with Crippen molar-refractivity contribution < 1.29 is 14.1 Å². The van der Waals surface area contributed by atoms with Crippen molar-refractivity contribution in [3.63, 3.8) is 0 Å². The Balaban J connectivity index is 1.60. The van der Waals surface area contributed by atoms with Gasteiger partial charge in [0.25, 0.3) is 5.91 Å². The molecule has 1 heterocycles. The Hall–Kier alpha value is -3.35. The maximum atomic E-state index is 12.1. The highest BCUT2D eigenvalue weighted by Crippen LogP contribution is 2.20. The zero-order valence-corrected chi connectivity index (χ0v) is 16.1. The van der Waals surface area contributed by atoms with Crippen molar-refractivity contribution in [3.8, 4) is 17.1 Å². The molecule has 0 atom stereocenters. The Kier molecular flexibility index (Phi) is 6.62. The van der Waals surface area contributed by atoms with Gasteiger partial charge >= 0.3 is 0 Å². The van der Waals surface area contributed by atoms with Gasteiger partial charge in [0.05, 0.1) is 13.2 Å². The van der Waals surface area contributed by atoms with Gasteiger partial charge in [-0.05, 0) is 55.8 Å². The van der Waals surface area contributed by atoms with E-state index in [0.29, 0.717) is 37.0 Å². The van der Waals surface area contributed by atoms with Crippen molar-refractivity contribution in [3.05, 3.63) is 60.0 Å². The van der Waals surface area contributed by atoms with E-state index in [0.717, 1.165) is 23.4 Å². The molecule has 1 aromatic heterocycles. The van der Waals surface area contributed by atoms with E-state index >= 15 is 0 Å². The minimum atomic E-state index is -0.0823. The third-order valence-corrected chi connectivity index (χ3v) is 4.00. The van der Waals surface area contributed by atoms with E-state index in [1.54, 1.807) is 12.1 Å². The van der Waals surface area contributed by atoms with Crippen LogP contribution in [0.5, 0.6) is 5.75 Å². The van der Waals surface area contributed by atoms with Crippen LogP contribution in [0.15, 0.2) is 53.1 Å². The number of aromatic nitrogens is 2. The highest BCUT2D eigenvalue weighted by atomic mass is 16.5. The van der Waals surface area contributed by atoms with E-state index in [-0.39, 0.29) is 5.91 Å². The fourth-order valence-corrected chi connectivity index (χ4v) is 2.60. The highest BCUT2D eigenvalue weighted by molar-refractivity contribution is 5.95. The van der Waals surface area contributed by atoms with Gasteiger partial charge in [-0.2, -0.15) is 4.98 Å². The molecule has 7 nitrogen and oxygen atoms in total. The average Bonchev–Trinajstić information content (AvgIpc) is 3.20. The van der Waals surface area contributed by atoms with Gasteiger partial charge in [-0.1, -0.05) is 18.1 Å². The predicted molar refractivity (Wildman–Crippen MR) is 107 cm³/mol. The quantitative estimate of drug-likeness (QED) is 0.585. The van der Waals surface area contributed by atoms with Crippen molar-refractivity contribution in [1.29, 1.82) is 0 Å². The largest absolute Gasteiger partial charge is 0.494 e. The van der Waals surface area contributed by atoms with Gasteiger partial charge < -0.3 is 19.9 Å². The van der Waals surface area contributed by atoms with Crippen LogP contribution in [0.25, 0.3) is 11.4 Å². The molecular formula is C21H24N4O3. The standard InChI is InChI=1S/C21H24N4O3/c1-3-12-22-21(26)16-6-5-7-17(13-16)23-14-19-24-20(25-28-19)15-8-10-18(11-9-15)27-4-2/h5-11,13,23H,3-4,12,14H2,1-2H3,(H,22,26). The number of nitrogens with one attached hydrogen (secondary N) is 2. The molecule has 0 bridgehead atoms. The number of hydrogen-bond donors (Lipinski definition) is 2. The number of carbonyl (C=O) groups is 1. The second-order valence-electron chi connectivity index (χ2n) is 6.16. The van der Waals surface area contributed by atoms with Crippen LogP contribution in [0.3, 0.4) is 0 Å². The summed E-state index contributed by atoms with van der Waals surface area (Å²) in [6, 6.07) is 14.9. The van der Waals surface area contributed by atoms with Crippen LogP contribution in [-0.4, -0.2) is 29.2 Å². The molecule has 0 aliphatic carbocycles. The van der Waals surface area contributed by atoms with Crippen molar-refractivity contribution >= 4 is 11.6 Å². The molecule has 0 spiro atoms. The number of hydrogen-bond acceptors (Lipinski definition) is 6. The molecule has 146 valence electrons. The van der Waals surface area contributed by atoms with E-state index < -0.39 is 0 Å². The highest BCUT2D eigenvalue weighted by Gasteiger charge is 2.10. The molecule has 0 fully saturated rings. The number of amides is 1. The van der Waals surface area contributed by atoms with Crippen LogP contribution in [0.4, 0.5) is 5.69 Å². The number of ether oxygens (including phenoxy) is 1. The lowest BCUT2D eigenvalue weighted by Gasteiger charge is -2.07. The van der Waals surface area contributed by atoms with Crippen molar-refractivity contribution in [2.75, 3.05) is 18.5 Å². The summed E-state index contributed by atoms with van der Waals surface area (Å²) in [7, 11) is 0. The summed E-state index contributed by atoms with van der Waals surface area (Å²) < 4.78 is 10.8. The van der Waals surface area contributed by atoms with E-state index in [9.17, 15) is 4.79 Å². The lowest BCUT2D eigenvalue weighted by Crippen LogP contribution is -2.23. The van der Waals surface area contributed by atoms with E-state index in [1.807, 2.05) is 50.2 Å². The lowest BCUT2D eigenvalue weighted by atomic mass is 10.2. The number of nitrogens with zero attached hydrogens (tertiary/aromatic N) is 2. The summed E-state index contributed by atoms with van der Waals surface area (Å²) in [6.45, 7) is 5.61. The fraction of sp³-hybridized carbons (Fsp3) is 0.286. The number of rotatable bonds is 9. The molecule has 28 heavy (non-hydrogen) atoms. The maximum Gasteiger partial charge on any atom is 0.251 e. The zero-order valence-electron chi connectivity index (χ0n) is 16.1. The van der Waals surface area contributed by atoms with Crippen LogP contribution in [0.2, 0.25) is 0 Å².